The number of H-pyrrole nitrogens is 1. The zero-order chi connectivity index (χ0) is 16.6. The molecule has 7 heteroatoms. The van der Waals surface area contributed by atoms with Crippen LogP contribution in [0.2, 0.25) is 0 Å². The van der Waals surface area contributed by atoms with Crippen LogP contribution in [0, 0.1) is 0 Å². The van der Waals surface area contributed by atoms with Crippen LogP contribution in [-0.2, 0) is 0 Å². The van der Waals surface area contributed by atoms with Crippen LogP contribution >= 0.6 is 0 Å². The summed E-state index contributed by atoms with van der Waals surface area (Å²) in [6.07, 6.45) is -3.45. The summed E-state index contributed by atoms with van der Waals surface area (Å²) in [5.74, 6) is -0.518. The third kappa shape index (κ3) is 2.98. The zero-order valence-corrected chi connectivity index (χ0v) is 11.5. The van der Waals surface area contributed by atoms with Crippen molar-refractivity contribution in [2.45, 2.75) is 6.36 Å². The lowest BCUT2D eigenvalue weighted by atomic mass is 10.00. The van der Waals surface area contributed by atoms with Crippen molar-refractivity contribution in [1.82, 2.24) is 4.98 Å². The van der Waals surface area contributed by atoms with Gasteiger partial charge in [0.15, 0.2) is 0 Å². The minimum atomic E-state index is -4.80. The van der Waals surface area contributed by atoms with Crippen molar-refractivity contribution in [3.05, 3.63) is 59.0 Å². The van der Waals surface area contributed by atoms with Crippen LogP contribution in [0.1, 0.15) is 0 Å². The molecule has 0 aliphatic heterocycles. The van der Waals surface area contributed by atoms with Crippen LogP contribution < -0.4 is 10.3 Å². The molecule has 0 saturated carbocycles. The highest BCUT2D eigenvalue weighted by Crippen LogP contribution is 2.34. The van der Waals surface area contributed by atoms with E-state index in [0.29, 0.717) is 11.1 Å². The normalized spacial score (nSPS) is 11.6. The average molecular weight is 321 g/mol. The molecule has 0 spiro atoms. The van der Waals surface area contributed by atoms with E-state index >= 15 is 0 Å². The van der Waals surface area contributed by atoms with E-state index in [2.05, 4.69) is 9.72 Å². The van der Waals surface area contributed by atoms with E-state index in [9.17, 15) is 23.1 Å². The van der Waals surface area contributed by atoms with E-state index < -0.39 is 11.9 Å². The van der Waals surface area contributed by atoms with E-state index in [1.165, 1.54) is 42.6 Å². The molecule has 2 aromatic carbocycles. The quantitative estimate of drug-likeness (QED) is 0.755. The topological polar surface area (TPSA) is 62.3 Å². The third-order valence-electron chi connectivity index (χ3n) is 3.28. The molecule has 118 valence electrons. The lowest BCUT2D eigenvalue weighted by Gasteiger charge is -2.11. The largest absolute Gasteiger partial charge is 0.573 e. The lowest BCUT2D eigenvalue weighted by molar-refractivity contribution is -0.274. The van der Waals surface area contributed by atoms with Crippen LogP contribution in [-0.4, -0.2) is 16.5 Å². The van der Waals surface area contributed by atoms with Gasteiger partial charge >= 0.3 is 6.36 Å². The minimum absolute atomic E-state index is 0.134. The fourth-order valence-corrected chi connectivity index (χ4v) is 2.39. The number of aromatic amines is 1. The molecule has 0 fully saturated rings. The maximum atomic E-state index is 12.3. The van der Waals surface area contributed by atoms with Gasteiger partial charge in [0.1, 0.15) is 11.5 Å². The number of ether oxygens (including phenoxy) is 1. The monoisotopic (exact) mass is 321 g/mol. The number of phenols is 1. The van der Waals surface area contributed by atoms with Gasteiger partial charge in [0.25, 0.3) is 5.56 Å². The summed E-state index contributed by atoms with van der Waals surface area (Å²) in [6, 6.07) is 9.75. The zero-order valence-electron chi connectivity index (χ0n) is 11.5. The van der Waals surface area contributed by atoms with Crippen LogP contribution in [0.4, 0.5) is 13.2 Å². The van der Waals surface area contributed by atoms with E-state index in [-0.39, 0.29) is 22.3 Å². The Morgan fingerprint density at radius 3 is 2.57 bits per heavy atom. The van der Waals surface area contributed by atoms with Crippen LogP contribution in [0.3, 0.4) is 0 Å². The summed E-state index contributed by atoms with van der Waals surface area (Å²) in [5.41, 5.74) is 0.363. The standard InChI is InChI=1S/C16H10F3NO3/c17-16(18,19)23-10-4-1-3-9(7-10)12-8-20-15(22)11-5-2-6-13(21)14(11)12/h1-8,21H,(H,20,22). The predicted molar refractivity (Wildman–Crippen MR) is 78.4 cm³/mol. The third-order valence-corrected chi connectivity index (χ3v) is 3.28. The molecule has 0 bridgehead atoms. The van der Waals surface area contributed by atoms with Crippen molar-refractivity contribution < 1.29 is 23.0 Å². The van der Waals surface area contributed by atoms with Gasteiger partial charge in [0, 0.05) is 17.1 Å². The van der Waals surface area contributed by atoms with Gasteiger partial charge in [-0.15, -0.1) is 13.2 Å². The van der Waals surface area contributed by atoms with Crippen molar-refractivity contribution in [2.75, 3.05) is 0 Å². The van der Waals surface area contributed by atoms with Crippen LogP contribution in [0.15, 0.2) is 53.5 Å². The Balaban J connectivity index is 2.20. The van der Waals surface area contributed by atoms with Gasteiger partial charge in [-0.1, -0.05) is 18.2 Å². The molecule has 3 rings (SSSR count). The molecule has 0 aliphatic carbocycles. The lowest BCUT2D eigenvalue weighted by Crippen LogP contribution is -2.17. The summed E-state index contributed by atoms with van der Waals surface area (Å²) in [6.45, 7) is 0. The molecule has 3 aromatic rings. The second kappa shape index (κ2) is 5.35. The van der Waals surface area contributed by atoms with Gasteiger partial charge in [0.05, 0.1) is 5.39 Å². The van der Waals surface area contributed by atoms with Gasteiger partial charge in [-0.25, -0.2) is 0 Å². The molecular weight excluding hydrogens is 311 g/mol. The van der Waals surface area contributed by atoms with Crippen LogP contribution in [0.5, 0.6) is 11.5 Å². The number of benzene rings is 2. The first-order chi connectivity index (χ1) is 10.8. The molecule has 0 aliphatic rings. The number of nitrogens with one attached hydrogen (secondary N) is 1. The van der Waals surface area contributed by atoms with E-state index in [4.69, 9.17) is 0 Å². The number of fused-ring (bicyclic) bond motifs is 1. The Kier molecular flexibility index (Phi) is 3.48. The Morgan fingerprint density at radius 1 is 1.09 bits per heavy atom. The van der Waals surface area contributed by atoms with Crippen molar-refractivity contribution in [1.29, 1.82) is 0 Å². The maximum absolute atomic E-state index is 12.3. The van der Waals surface area contributed by atoms with Crippen molar-refractivity contribution in [3.8, 4) is 22.6 Å². The molecule has 0 saturated heterocycles. The number of phenolic OH excluding ortho intramolecular Hbond substituents is 1. The SMILES string of the molecule is O=c1[nH]cc(-c2cccc(OC(F)(F)F)c2)c2c(O)cccc12. The van der Waals surface area contributed by atoms with Crippen molar-refractivity contribution in [3.63, 3.8) is 0 Å². The number of alkyl halides is 3. The molecule has 1 heterocycles. The fraction of sp³-hybridized carbons (Fsp3) is 0.0625. The Bertz CT molecular complexity index is 932. The first-order valence-electron chi connectivity index (χ1n) is 6.55. The molecule has 0 unspecified atom stereocenters. The van der Waals surface area contributed by atoms with Crippen molar-refractivity contribution in [2.24, 2.45) is 0 Å². The highest BCUT2D eigenvalue weighted by molar-refractivity contribution is 5.99. The van der Waals surface area contributed by atoms with E-state index in [0.717, 1.165) is 0 Å². The number of hydrogen-bond acceptors (Lipinski definition) is 3. The van der Waals surface area contributed by atoms with Crippen molar-refractivity contribution >= 4 is 10.8 Å². The number of hydrogen-bond donors (Lipinski definition) is 2. The second-order valence-corrected chi connectivity index (χ2v) is 4.81. The summed E-state index contributed by atoms with van der Waals surface area (Å²) >= 11 is 0. The summed E-state index contributed by atoms with van der Waals surface area (Å²) < 4.78 is 40.9. The van der Waals surface area contributed by atoms with Gasteiger partial charge < -0.3 is 14.8 Å². The average Bonchev–Trinajstić information content (AvgIpc) is 2.47. The van der Waals surface area contributed by atoms with Crippen LogP contribution in [0.25, 0.3) is 21.9 Å². The Hall–Kier alpha value is -2.96. The summed E-state index contributed by atoms with van der Waals surface area (Å²) in [4.78, 5) is 14.3. The molecular formula is C16H10F3NO3. The predicted octanol–water partition coefficient (Wildman–Crippen LogP) is 3.80. The summed E-state index contributed by atoms with van der Waals surface area (Å²) in [5, 5.41) is 10.5. The molecule has 1 aromatic heterocycles. The first kappa shape index (κ1) is 15.0. The molecule has 2 N–H and O–H groups in total. The highest BCUT2D eigenvalue weighted by atomic mass is 19.4. The Labute approximate surface area is 127 Å². The molecule has 4 nitrogen and oxygen atoms in total. The highest BCUT2D eigenvalue weighted by Gasteiger charge is 2.31. The second-order valence-electron chi connectivity index (χ2n) is 4.81. The molecule has 0 radical (unpaired) electrons. The molecule has 0 amide bonds. The van der Waals surface area contributed by atoms with Gasteiger partial charge in [-0.05, 0) is 29.8 Å². The number of aromatic hydroxyl groups is 1. The van der Waals surface area contributed by atoms with Gasteiger partial charge in [0.2, 0.25) is 0 Å². The number of pyridine rings is 1. The summed E-state index contributed by atoms with van der Waals surface area (Å²) in [7, 11) is 0. The van der Waals surface area contributed by atoms with Gasteiger partial charge in [-0.3, -0.25) is 4.79 Å². The Morgan fingerprint density at radius 2 is 1.83 bits per heavy atom. The maximum Gasteiger partial charge on any atom is 0.573 e. The van der Waals surface area contributed by atoms with E-state index in [1.54, 1.807) is 6.07 Å². The number of aromatic nitrogens is 1. The number of halogens is 3. The van der Waals surface area contributed by atoms with Gasteiger partial charge in [-0.2, -0.15) is 0 Å². The fourth-order valence-electron chi connectivity index (χ4n) is 2.39. The number of rotatable bonds is 2. The first-order valence-corrected chi connectivity index (χ1v) is 6.55. The molecule has 23 heavy (non-hydrogen) atoms. The van der Waals surface area contributed by atoms with E-state index in [1.807, 2.05) is 0 Å². The minimum Gasteiger partial charge on any atom is -0.507 e. The smallest absolute Gasteiger partial charge is 0.507 e. The molecule has 0 atom stereocenters.